The van der Waals surface area contributed by atoms with E-state index >= 15 is 0 Å². The van der Waals surface area contributed by atoms with Crippen molar-refractivity contribution in [2.45, 2.75) is 41.4 Å². The number of alkyl halides is 2. The normalized spacial score (nSPS) is 40.1. The molecule has 3 atom stereocenters. The Balaban J connectivity index is 2.14. The van der Waals surface area contributed by atoms with E-state index in [1.54, 1.807) is 0 Å². The van der Waals surface area contributed by atoms with E-state index < -0.39 is 0 Å². The highest BCUT2D eigenvalue weighted by Crippen LogP contribution is 2.52. The van der Waals surface area contributed by atoms with E-state index in [0.717, 1.165) is 19.4 Å². The van der Waals surface area contributed by atoms with Gasteiger partial charge in [0.2, 0.25) is 0 Å². The van der Waals surface area contributed by atoms with Crippen LogP contribution in [0.15, 0.2) is 24.3 Å². The summed E-state index contributed by atoms with van der Waals surface area (Å²) in [5.74, 6) is 0. The molecule has 0 saturated carbocycles. The van der Waals surface area contributed by atoms with Gasteiger partial charge in [0.05, 0.1) is 4.32 Å². The first-order chi connectivity index (χ1) is 8.45. The lowest BCUT2D eigenvalue weighted by atomic mass is 9.66. The fourth-order valence-corrected chi connectivity index (χ4v) is 5.23. The van der Waals surface area contributed by atoms with Crippen molar-refractivity contribution in [3.63, 3.8) is 0 Å². The van der Waals surface area contributed by atoms with Gasteiger partial charge in [-0.15, -0.1) is 11.6 Å². The molecule has 1 aromatic rings. The van der Waals surface area contributed by atoms with E-state index in [1.165, 1.54) is 17.5 Å². The predicted octanol–water partition coefficient (Wildman–Crippen LogP) is 3.92. The first-order valence-corrected chi connectivity index (χ1v) is 7.79. The van der Waals surface area contributed by atoms with Gasteiger partial charge in [0.1, 0.15) is 5.50 Å². The molecule has 0 amide bonds. The van der Waals surface area contributed by atoms with E-state index in [-0.39, 0.29) is 15.2 Å². The average molecular weight is 329 g/mol. The third kappa shape index (κ3) is 1.85. The number of hydrogen-bond donors (Lipinski definition) is 0. The number of nitrogens with zero attached hydrogens (tertiary/aromatic N) is 1. The first kappa shape index (κ1) is 13.0. The molecule has 2 bridgehead atoms. The van der Waals surface area contributed by atoms with Crippen molar-refractivity contribution in [1.29, 1.82) is 0 Å². The van der Waals surface area contributed by atoms with Crippen molar-refractivity contribution < 1.29 is 0 Å². The molecule has 1 heterocycles. The largest absolute Gasteiger partial charge is 0.289 e. The molecule has 2 aliphatic rings. The lowest BCUT2D eigenvalue weighted by Crippen LogP contribution is -2.47. The Morgan fingerprint density at radius 1 is 1.39 bits per heavy atom. The molecule has 3 heteroatoms. The fourth-order valence-electron chi connectivity index (χ4n) is 3.71. The van der Waals surface area contributed by atoms with Crippen molar-refractivity contribution in [3.8, 4) is 0 Å². The molecule has 1 aliphatic carbocycles. The zero-order chi connectivity index (χ0) is 13.0. The van der Waals surface area contributed by atoms with E-state index in [9.17, 15) is 0 Å². The Labute approximate surface area is 123 Å². The van der Waals surface area contributed by atoms with Crippen LogP contribution >= 0.6 is 27.5 Å². The topological polar surface area (TPSA) is 3.24 Å². The molecular weight excluding hydrogens is 310 g/mol. The summed E-state index contributed by atoms with van der Waals surface area (Å²) in [4.78, 5) is 2.29. The van der Waals surface area contributed by atoms with Crippen LogP contribution in [0.4, 0.5) is 0 Å². The van der Waals surface area contributed by atoms with Gasteiger partial charge in [0, 0.05) is 6.54 Å². The lowest BCUT2D eigenvalue weighted by Gasteiger charge is -2.44. The predicted molar refractivity (Wildman–Crippen MR) is 80.7 cm³/mol. The second kappa shape index (κ2) is 4.22. The summed E-state index contributed by atoms with van der Waals surface area (Å²) in [7, 11) is 2.13. The number of rotatable bonds is 0. The van der Waals surface area contributed by atoms with Gasteiger partial charge < -0.3 is 0 Å². The third-order valence-corrected chi connectivity index (χ3v) is 6.68. The van der Waals surface area contributed by atoms with Crippen molar-refractivity contribution in [2.24, 2.45) is 0 Å². The Kier molecular flexibility index (Phi) is 3.04. The molecule has 3 rings (SSSR count). The van der Waals surface area contributed by atoms with E-state index in [1.807, 2.05) is 0 Å². The summed E-state index contributed by atoms with van der Waals surface area (Å²) >= 11 is 10.7. The number of likely N-dealkylation sites (tertiary alicyclic amines) is 1. The molecule has 0 radical (unpaired) electrons. The summed E-state index contributed by atoms with van der Waals surface area (Å²) in [6, 6.07) is 8.87. The molecule has 1 aliphatic heterocycles. The summed E-state index contributed by atoms with van der Waals surface area (Å²) < 4.78 is 0.00289. The minimum Gasteiger partial charge on any atom is -0.289 e. The van der Waals surface area contributed by atoms with E-state index in [2.05, 4.69) is 59.1 Å². The molecular formula is C15H19BrClN. The van der Waals surface area contributed by atoms with Gasteiger partial charge in [-0.1, -0.05) is 47.1 Å². The number of halogens is 2. The highest BCUT2D eigenvalue weighted by Gasteiger charge is 2.50. The zero-order valence-electron chi connectivity index (χ0n) is 10.9. The second-order valence-electron chi connectivity index (χ2n) is 6.17. The second-order valence-corrected chi connectivity index (χ2v) is 8.17. The maximum absolute atomic E-state index is 6.69. The van der Waals surface area contributed by atoms with Crippen LogP contribution in [-0.4, -0.2) is 28.3 Å². The number of hydrogen-bond acceptors (Lipinski definition) is 1. The van der Waals surface area contributed by atoms with Crippen molar-refractivity contribution in [3.05, 3.63) is 35.4 Å². The maximum Gasteiger partial charge on any atom is 0.101 e. The maximum atomic E-state index is 6.69. The van der Waals surface area contributed by atoms with Crippen LogP contribution in [0.1, 0.15) is 30.9 Å². The van der Waals surface area contributed by atoms with Crippen LogP contribution in [0.2, 0.25) is 0 Å². The van der Waals surface area contributed by atoms with Gasteiger partial charge in [-0.05, 0) is 42.9 Å². The van der Waals surface area contributed by atoms with E-state index in [0.29, 0.717) is 0 Å². The Hall–Kier alpha value is -0.0500. The van der Waals surface area contributed by atoms with Crippen molar-refractivity contribution in [2.75, 3.05) is 13.6 Å². The van der Waals surface area contributed by atoms with Crippen LogP contribution < -0.4 is 0 Å². The third-order valence-electron chi connectivity index (χ3n) is 4.67. The van der Waals surface area contributed by atoms with Crippen LogP contribution in [0.25, 0.3) is 0 Å². The minimum absolute atomic E-state index is 0.00289. The van der Waals surface area contributed by atoms with Crippen LogP contribution in [0.3, 0.4) is 0 Å². The Morgan fingerprint density at radius 2 is 2.11 bits per heavy atom. The van der Waals surface area contributed by atoms with E-state index in [4.69, 9.17) is 11.6 Å². The SMILES string of the molecule is CN1CCC2(C)CC(Br)(Cc3ccccc32)C1Cl. The molecule has 1 aromatic carbocycles. The summed E-state index contributed by atoms with van der Waals surface area (Å²) in [5.41, 5.74) is 3.30. The summed E-state index contributed by atoms with van der Waals surface area (Å²) in [6.45, 7) is 3.45. The first-order valence-electron chi connectivity index (χ1n) is 6.56. The monoisotopic (exact) mass is 327 g/mol. The van der Waals surface area contributed by atoms with Crippen LogP contribution in [0, 0.1) is 0 Å². The molecule has 0 spiro atoms. The van der Waals surface area contributed by atoms with Gasteiger partial charge >= 0.3 is 0 Å². The van der Waals surface area contributed by atoms with Crippen LogP contribution in [0.5, 0.6) is 0 Å². The van der Waals surface area contributed by atoms with Gasteiger partial charge in [0.25, 0.3) is 0 Å². The fraction of sp³-hybridized carbons (Fsp3) is 0.600. The zero-order valence-corrected chi connectivity index (χ0v) is 13.3. The molecule has 1 fully saturated rings. The summed E-state index contributed by atoms with van der Waals surface area (Å²) in [6.07, 6.45) is 3.32. The highest BCUT2D eigenvalue weighted by molar-refractivity contribution is 9.10. The molecule has 18 heavy (non-hydrogen) atoms. The number of fused-ring (bicyclic) bond motifs is 4. The molecule has 1 nitrogen and oxygen atoms in total. The van der Waals surface area contributed by atoms with Crippen molar-refractivity contribution in [1.82, 2.24) is 4.90 Å². The van der Waals surface area contributed by atoms with Gasteiger partial charge in [-0.3, -0.25) is 4.90 Å². The van der Waals surface area contributed by atoms with Gasteiger partial charge in [-0.2, -0.15) is 0 Å². The lowest BCUT2D eigenvalue weighted by molar-refractivity contribution is 0.282. The Morgan fingerprint density at radius 3 is 2.89 bits per heavy atom. The molecule has 98 valence electrons. The quantitative estimate of drug-likeness (QED) is 0.515. The highest BCUT2D eigenvalue weighted by atomic mass is 79.9. The van der Waals surface area contributed by atoms with Gasteiger partial charge in [-0.25, -0.2) is 0 Å². The molecule has 3 unspecified atom stereocenters. The number of benzene rings is 1. The van der Waals surface area contributed by atoms with Crippen LogP contribution in [-0.2, 0) is 11.8 Å². The van der Waals surface area contributed by atoms with Crippen molar-refractivity contribution >= 4 is 27.5 Å². The summed E-state index contributed by atoms with van der Waals surface area (Å²) in [5, 5.41) is 0. The smallest absolute Gasteiger partial charge is 0.101 e. The Bertz CT molecular complexity index is 477. The standard InChI is InChI=1S/C15H19BrClN/c1-14-7-8-18(2)13(17)15(16,10-14)9-11-5-3-4-6-12(11)14/h3-6,13H,7-10H2,1-2H3. The van der Waals surface area contributed by atoms with Gasteiger partial charge in [0.15, 0.2) is 0 Å². The molecule has 0 aromatic heterocycles. The average Bonchev–Trinajstić information content (AvgIpc) is 2.40. The molecule has 0 N–H and O–H groups in total. The molecule has 1 saturated heterocycles. The minimum atomic E-state index is 0.00289.